The Balaban J connectivity index is 0.000000322. The van der Waals surface area contributed by atoms with Gasteiger partial charge in [-0.3, -0.25) is 0 Å². The molecular formula is C13H24N2. The minimum atomic E-state index is 1.28. The quantitative estimate of drug-likeness (QED) is 0.547. The number of hydrogen-bond acceptors (Lipinski definition) is 1. The van der Waals surface area contributed by atoms with Crippen LogP contribution in [0.25, 0.3) is 0 Å². The summed E-state index contributed by atoms with van der Waals surface area (Å²) < 4.78 is 0. The maximum atomic E-state index is 3.67. The number of aromatic amines is 1. The highest BCUT2D eigenvalue weighted by Gasteiger charge is 1.84. The van der Waals surface area contributed by atoms with E-state index in [-0.39, 0.29) is 0 Å². The molecule has 0 aliphatic carbocycles. The third kappa shape index (κ3) is 12.9. The smallest absolute Gasteiger partial charge is 0.0919 e. The largest absolute Gasteiger partial charge is 0.351 e. The molecule has 0 aliphatic rings. The van der Waals surface area contributed by atoms with Gasteiger partial charge in [0.2, 0.25) is 0 Å². The lowest BCUT2D eigenvalue weighted by atomic mass is 10.1. The maximum Gasteiger partial charge on any atom is 0.0919 e. The van der Waals surface area contributed by atoms with Crippen LogP contribution in [-0.2, 0) is 0 Å². The highest BCUT2D eigenvalue weighted by molar-refractivity contribution is 4.76. The molecule has 2 nitrogen and oxygen atoms in total. The van der Waals surface area contributed by atoms with E-state index in [1.165, 1.54) is 38.5 Å². The first kappa shape index (κ1) is 13.9. The molecule has 15 heavy (non-hydrogen) atoms. The zero-order chi connectivity index (χ0) is 11.2. The van der Waals surface area contributed by atoms with Crippen molar-refractivity contribution in [2.45, 2.75) is 52.4 Å². The van der Waals surface area contributed by atoms with E-state index < -0.39 is 0 Å². The molecule has 86 valence electrons. The second kappa shape index (κ2) is 12.9. The van der Waals surface area contributed by atoms with Crippen LogP contribution >= 0.6 is 0 Å². The van der Waals surface area contributed by atoms with Crippen LogP contribution in [0.1, 0.15) is 52.4 Å². The van der Waals surface area contributed by atoms with E-state index in [9.17, 15) is 0 Å². The molecule has 0 saturated carbocycles. The molecule has 1 N–H and O–H groups in total. The minimum absolute atomic E-state index is 1.28. The van der Waals surface area contributed by atoms with Crippen molar-refractivity contribution in [2.75, 3.05) is 0 Å². The van der Waals surface area contributed by atoms with E-state index in [4.69, 9.17) is 0 Å². The lowest BCUT2D eigenvalue weighted by Crippen LogP contribution is -1.75. The summed E-state index contributed by atoms with van der Waals surface area (Å²) in [6.45, 7) is 4.35. The van der Waals surface area contributed by atoms with Crippen molar-refractivity contribution in [3.8, 4) is 0 Å². The molecule has 0 fully saturated rings. The zero-order valence-electron chi connectivity index (χ0n) is 10.1. The summed E-state index contributed by atoms with van der Waals surface area (Å²) in [6, 6.07) is 0. The van der Waals surface area contributed by atoms with E-state index in [2.05, 4.69) is 36.0 Å². The Labute approximate surface area is 93.8 Å². The summed E-state index contributed by atoms with van der Waals surface area (Å²) in [4.78, 5) is 6.42. The predicted octanol–water partition coefficient (Wildman–Crippen LogP) is 4.33. The number of hydrogen-bond donors (Lipinski definition) is 1. The standard InChI is InChI=1S/C10H20.C3H4N2/c1-3-5-7-9-10-8-6-4-2;1-2-5-3-4-1/h3,5H,4,6-10H2,1-2H3;1-3H,(H,4,5). The predicted molar refractivity (Wildman–Crippen MR) is 66.8 cm³/mol. The summed E-state index contributed by atoms with van der Waals surface area (Å²) in [6.07, 6.45) is 17.7. The number of rotatable bonds is 6. The molecule has 0 aliphatic heterocycles. The Hall–Kier alpha value is -1.05. The molecule has 2 heteroatoms. The lowest BCUT2D eigenvalue weighted by molar-refractivity contribution is 0.637. The van der Waals surface area contributed by atoms with Crippen LogP contribution in [0.3, 0.4) is 0 Å². The monoisotopic (exact) mass is 208 g/mol. The van der Waals surface area contributed by atoms with Crippen molar-refractivity contribution < 1.29 is 0 Å². The van der Waals surface area contributed by atoms with Gasteiger partial charge in [0, 0.05) is 12.4 Å². The van der Waals surface area contributed by atoms with Crippen molar-refractivity contribution in [1.29, 1.82) is 0 Å². The Kier molecular flexibility index (Phi) is 12.0. The molecule has 0 amide bonds. The summed E-state index contributed by atoms with van der Waals surface area (Å²) >= 11 is 0. The average Bonchev–Trinajstić information content (AvgIpc) is 2.82. The number of unbranched alkanes of at least 4 members (excludes halogenated alkanes) is 5. The topological polar surface area (TPSA) is 28.7 Å². The average molecular weight is 208 g/mol. The number of aromatic nitrogens is 2. The lowest BCUT2D eigenvalue weighted by Gasteiger charge is -1.95. The molecule has 0 unspecified atom stereocenters. The van der Waals surface area contributed by atoms with Crippen LogP contribution in [0.4, 0.5) is 0 Å². The summed E-state index contributed by atoms with van der Waals surface area (Å²) in [5.74, 6) is 0. The SMILES string of the molecule is CC=CCCCCCCC.c1c[nH]cn1. The van der Waals surface area contributed by atoms with Gasteiger partial charge in [0.05, 0.1) is 6.33 Å². The molecule has 0 aromatic carbocycles. The summed E-state index contributed by atoms with van der Waals surface area (Å²) in [5.41, 5.74) is 0. The second-order valence-corrected chi connectivity index (χ2v) is 3.53. The second-order valence-electron chi connectivity index (χ2n) is 3.53. The van der Waals surface area contributed by atoms with Crippen LogP contribution in [0.15, 0.2) is 30.9 Å². The highest BCUT2D eigenvalue weighted by Crippen LogP contribution is 2.04. The summed E-state index contributed by atoms with van der Waals surface area (Å²) in [7, 11) is 0. The molecule has 0 radical (unpaired) electrons. The van der Waals surface area contributed by atoms with Gasteiger partial charge in [-0.15, -0.1) is 0 Å². The Morgan fingerprint density at radius 2 is 2.00 bits per heavy atom. The van der Waals surface area contributed by atoms with Crippen LogP contribution in [0, 0.1) is 0 Å². The minimum Gasteiger partial charge on any atom is -0.351 e. The molecule has 1 heterocycles. The molecule has 0 saturated heterocycles. The van der Waals surface area contributed by atoms with Gasteiger partial charge < -0.3 is 4.98 Å². The maximum absolute atomic E-state index is 3.67. The van der Waals surface area contributed by atoms with Gasteiger partial charge in [0.25, 0.3) is 0 Å². The van der Waals surface area contributed by atoms with Crippen LogP contribution < -0.4 is 0 Å². The zero-order valence-corrected chi connectivity index (χ0v) is 10.1. The summed E-state index contributed by atoms with van der Waals surface area (Å²) in [5, 5.41) is 0. The number of nitrogens with zero attached hydrogens (tertiary/aromatic N) is 1. The molecular weight excluding hydrogens is 184 g/mol. The van der Waals surface area contributed by atoms with Gasteiger partial charge in [-0.1, -0.05) is 44.8 Å². The van der Waals surface area contributed by atoms with Gasteiger partial charge in [-0.05, 0) is 19.8 Å². The van der Waals surface area contributed by atoms with Crippen LogP contribution in [0.2, 0.25) is 0 Å². The third-order valence-electron chi connectivity index (χ3n) is 2.12. The first-order chi connectivity index (χ1) is 7.41. The van der Waals surface area contributed by atoms with Crippen molar-refractivity contribution in [1.82, 2.24) is 9.97 Å². The highest BCUT2D eigenvalue weighted by atomic mass is 14.8. The van der Waals surface area contributed by atoms with Gasteiger partial charge in [-0.2, -0.15) is 0 Å². The fourth-order valence-electron chi connectivity index (χ4n) is 1.25. The molecule has 1 rings (SSSR count). The normalized spacial score (nSPS) is 10.0. The van der Waals surface area contributed by atoms with Crippen molar-refractivity contribution in [2.24, 2.45) is 0 Å². The Morgan fingerprint density at radius 1 is 1.20 bits per heavy atom. The van der Waals surface area contributed by atoms with E-state index in [1.807, 2.05) is 0 Å². The Morgan fingerprint density at radius 3 is 2.47 bits per heavy atom. The van der Waals surface area contributed by atoms with E-state index in [0.717, 1.165) is 0 Å². The molecule has 0 atom stereocenters. The van der Waals surface area contributed by atoms with Gasteiger partial charge >= 0.3 is 0 Å². The van der Waals surface area contributed by atoms with Crippen molar-refractivity contribution in [3.63, 3.8) is 0 Å². The number of nitrogens with one attached hydrogen (secondary N) is 1. The van der Waals surface area contributed by atoms with Crippen LogP contribution in [0.5, 0.6) is 0 Å². The van der Waals surface area contributed by atoms with Gasteiger partial charge in [0.15, 0.2) is 0 Å². The molecule has 0 bridgehead atoms. The fourth-order valence-corrected chi connectivity index (χ4v) is 1.25. The first-order valence-corrected chi connectivity index (χ1v) is 5.95. The van der Waals surface area contributed by atoms with E-state index >= 15 is 0 Å². The number of H-pyrrole nitrogens is 1. The van der Waals surface area contributed by atoms with Gasteiger partial charge in [-0.25, -0.2) is 4.98 Å². The Bertz CT molecular complexity index is 185. The molecule has 1 aromatic rings. The molecule has 0 spiro atoms. The van der Waals surface area contributed by atoms with Crippen molar-refractivity contribution >= 4 is 0 Å². The fraction of sp³-hybridized carbons (Fsp3) is 0.615. The molecule has 1 aromatic heterocycles. The third-order valence-corrected chi connectivity index (χ3v) is 2.12. The number of allylic oxidation sites excluding steroid dienone is 2. The van der Waals surface area contributed by atoms with Gasteiger partial charge in [0.1, 0.15) is 0 Å². The van der Waals surface area contributed by atoms with E-state index in [0.29, 0.717) is 0 Å². The first-order valence-electron chi connectivity index (χ1n) is 5.95. The van der Waals surface area contributed by atoms with E-state index in [1.54, 1.807) is 18.7 Å². The van der Waals surface area contributed by atoms with Crippen LogP contribution in [-0.4, -0.2) is 9.97 Å². The van der Waals surface area contributed by atoms with Crippen molar-refractivity contribution in [3.05, 3.63) is 30.9 Å². The number of imidazole rings is 1.